The van der Waals surface area contributed by atoms with E-state index in [0.717, 1.165) is 11.0 Å². The number of thiophene rings is 1. The van der Waals surface area contributed by atoms with Crippen molar-refractivity contribution in [2.75, 3.05) is 13.2 Å². The van der Waals surface area contributed by atoms with Gasteiger partial charge in [0.15, 0.2) is 0 Å². The Kier molecular flexibility index (Phi) is 7.43. The minimum Gasteiger partial charge on any atom is -0.463 e. The van der Waals surface area contributed by atoms with Gasteiger partial charge >= 0.3 is 18.0 Å². The lowest BCUT2D eigenvalue weighted by molar-refractivity contribution is -0.140. The SMILES string of the molecule is CCOC(=O)C1=C(COC(=O)/C=C/c2c(F)cccc2Cl)NC(=O)NC1c1cccs1. The second-order valence-electron chi connectivity index (χ2n) is 6.24. The summed E-state index contributed by atoms with van der Waals surface area (Å²) in [6, 6.07) is 6.41. The molecular weight excluding hydrogens is 447 g/mol. The summed E-state index contributed by atoms with van der Waals surface area (Å²) in [6.07, 6.45) is 2.20. The second kappa shape index (κ2) is 10.2. The minimum absolute atomic E-state index is 0.0421. The lowest BCUT2D eigenvalue weighted by atomic mass is 10.0. The van der Waals surface area contributed by atoms with Gasteiger partial charge in [-0.25, -0.2) is 18.8 Å². The third-order valence-corrected chi connectivity index (χ3v) is 5.49. The Hall–Kier alpha value is -3.17. The Morgan fingerprint density at radius 1 is 1.26 bits per heavy atom. The smallest absolute Gasteiger partial charge is 0.338 e. The van der Waals surface area contributed by atoms with E-state index in [0.29, 0.717) is 0 Å². The van der Waals surface area contributed by atoms with Gasteiger partial charge in [0, 0.05) is 16.5 Å². The molecule has 10 heteroatoms. The summed E-state index contributed by atoms with van der Waals surface area (Å²) < 4.78 is 24.1. The first-order chi connectivity index (χ1) is 14.9. The van der Waals surface area contributed by atoms with Gasteiger partial charge in [0.05, 0.1) is 28.9 Å². The lowest BCUT2D eigenvalue weighted by Crippen LogP contribution is -2.46. The van der Waals surface area contributed by atoms with Gasteiger partial charge in [-0.05, 0) is 36.6 Å². The van der Waals surface area contributed by atoms with Crippen LogP contribution in [0.15, 0.2) is 53.1 Å². The predicted octanol–water partition coefficient (Wildman–Crippen LogP) is 3.97. The molecule has 0 saturated heterocycles. The Morgan fingerprint density at radius 2 is 2.06 bits per heavy atom. The third-order valence-electron chi connectivity index (χ3n) is 4.22. The minimum atomic E-state index is -0.810. The van der Waals surface area contributed by atoms with Crippen LogP contribution in [0.4, 0.5) is 9.18 Å². The van der Waals surface area contributed by atoms with Crippen LogP contribution in [0, 0.1) is 5.82 Å². The average molecular weight is 465 g/mol. The number of urea groups is 1. The maximum absolute atomic E-state index is 13.8. The van der Waals surface area contributed by atoms with Gasteiger partial charge in [0.2, 0.25) is 0 Å². The number of benzene rings is 1. The van der Waals surface area contributed by atoms with Gasteiger partial charge in [-0.15, -0.1) is 11.3 Å². The van der Waals surface area contributed by atoms with Crippen molar-refractivity contribution in [3.05, 3.63) is 74.3 Å². The van der Waals surface area contributed by atoms with Gasteiger partial charge in [-0.2, -0.15) is 0 Å². The fraction of sp³-hybridized carbons (Fsp3) is 0.190. The van der Waals surface area contributed by atoms with E-state index in [2.05, 4.69) is 10.6 Å². The summed E-state index contributed by atoms with van der Waals surface area (Å²) in [5.74, 6) is -2.04. The van der Waals surface area contributed by atoms with Crippen molar-refractivity contribution in [2.24, 2.45) is 0 Å². The van der Waals surface area contributed by atoms with Crippen LogP contribution in [0.1, 0.15) is 23.4 Å². The van der Waals surface area contributed by atoms with Crippen LogP contribution in [0.2, 0.25) is 5.02 Å². The Morgan fingerprint density at radius 3 is 2.74 bits per heavy atom. The highest BCUT2D eigenvalue weighted by Gasteiger charge is 2.34. The fourth-order valence-electron chi connectivity index (χ4n) is 2.86. The second-order valence-corrected chi connectivity index (χ2v) is 7.62. The summed E-state index contributed by atoms with van der Waals surface area (Å²) in [6.45, 7) is 1.40. The summed E-state index contributed by atoms with van der Waals surface area (Å²) in [5, 5.41) is 7.12. The van der Waals surface area contributed by atoms with Gasteiger partial charge in [-0.3, -0.25) is 0 Å². The van der Waals surface area contributed by atoms with Crippen LogP contribution in [0.3, 0.4) is 0 Å². The van der Waals surface area contributed by atoms with Gasteiger partial charge in [-0.1, -0.05) is 23.7 Å². The molecule has 2 aromatic rings. The summed E-state index contributed by atoms with van der Waals surface area (Å²) in [7, 11) is 0. The maximum atomic E-state index is 13.8. The molecule has 7 nitrogen and oxygen atoms in total. The molecule has 1 aliphatic rings. The number of halogens is 2. The number of esters is 2. The number of ether oxygens (including phenoxy) is 2. The molecule has 0 aliphatic carbocycles. The van der Waals surface area contributed by atoms with E-state index in [1.807, 2.05) is 5.38 Å². The normalized spacial score (nSPS) is 16.1. The van der Waals surface area contributed by atoms with E-state index in [4.69, 9.17) is 21.1 Å². The number of carbonyl (C=O) groups is 3. The fourth-order valence-corrected chi connectivity index (χ4v) is 3.87. The Balaban J connectivity index is 1.81. The van der Waals surface area contributed by atoms with Gasteiger partial charge in [0.25, 0.3) is 0 Å². The number of amides is 2. The van der Waals surface area contributed by atoms with Crippen molar-refractivity contribution < 1.29 is 28.2 Å². The van der Waals surface area contributed by atoms with Crippen molar-refractivity contribution in [3.63, 3.8) is 0 Å². The molecule has 0 radical (unpaired) electrons. The number of nitrogens with one attached hydrogen (secondary N) is 2. The molecule has 1 aliphatic heterocycles. The van der Waals surface area contributed by atoms with Crippen LogP contribution in [-0.2, 0) is 19.1 Å². The van der Waals surface area contributed by atoms with Gasteiger partial charge in [0.1, 0.15) is 12.4 Å². The maximum Gasteiger partial charge on any atom is 0.338 e. The molecule has 0 bridgehead atoms. The molecule has 0 saturated carbocycles. The van der Waals surface area contributed by atoms with E-state index in [-0.39, 0.29) is 28.5 Å². The number of rotatable bonds is 7. The van der Waals surface area contributed by atoms with E-state index in [9.17, 15) is 18.8 Å². The molecule has 0 spiro atoms. The molecular formula is C21H18ClFN2O5S. The summed E-state index contributed by atoms with van der Waals surface area (Å²) >= 11 is 7.27. The first-order valence-electron chi connectivity index (χ1n) is 9.20. The largest absolute Gasteiger partial charge is 0.463 e. The monoisotopic (exact) mass is 464 g/mol. The molecule has 162 valence electrons. The molecule has 1 aromatic heterocycles. The van der Waals surface area contributed by atoms with Crippen molar-refractivity contribution in [1.82, 2.24) is 10.6 Å². The van der Waals surface area contributed by atoms with Crippen molar-refractivity contribution in [2.45, 2.75) is 13.0 Å². The van der Waals surface area contributed by atoms with E-state index >= 15 is 0 Å². The average Bonchev–Trinajstić information content (AvgIpc) is 3.26. The molecule has 1 unspecified atom stereocenters. The van der Waals surface area contributed by atoms with E-state index < -0.39 is 36.4 Å². The van der Waals surface area contributed by atoms with Crippen molar-refractivity contribution >= 4 is 47.0 Å². The third kappa shape index (κ3) is 5.50. The van der Waals surface area contributed by atoms with Crippen LogP contribution in [0.25, 0.3) is 6.08 Å². The molecule has 3 rings (SSSR count). The number of hydrogen-bond donors (Lipinski definition) is 2. The van der Waals surface area contributed by atoms with Crippen molar-refractivity contribution in [1.29, 1.82) is 0 Å². The molecule has 31 heavy (non-hydrogen) atoms. The predicted molar refractivity (Wildman–Crippen MR) is 114 cm³/mol. The van der Waals surface area contributed by atoms with Crippen LogP contribution < -0.4 is 10.6 Å². The zero-order chi connectivity index (χ0) is 22.4. The molecule has 2 heterocycles. The van der Waals surface area contributed by atoms with Crippen LogP contribution in [-0.4, -0.2) is 31.2 Å². The molecule has 0 fully saturated rings. The summed E-state index contributed by atoms with van der Waals surface area (Å²) in [4.78, 5) is 37.5. The topological polar surface area (TPSA) is 93.7 Å². The highest BCUT2D eigenvalue weighted by atomic mass is 35.5. The molecule has 2 amide bonds. The first-order valence-corrected chi connectivity index (χ1v) is 10.5. The summed E-state index contributed by atoms with van der Waals surface area (Å²) in [5.41, 5.74) is 0.282. The standard InChI is InChI=1S/C21H18ClFN2O5S/c1-2-29-20(27)18-15(24-21(28)25-19(18)16-7-4-10-31-16)11-30-17(26)9-8-12-13(22)5-3-6-14(12)23/h3-10,19H,2,11H2,1H3,(H2,24,25,28)/b9-8+. The highest BCUT2D eigenvalue weighted by molar-refractivity contribution is 7.10. The van der Waals surface area contributed by atoms with Crippen molar-refractivity contribution in [3.8, 4) is 0 Å². The molecule has 2 N–H and O–H groups in total. The van der Waals surface area contributed by atoms with Gasteiger partial charge < -0.3 is 20.1 Å². The van der Waals surface area contributed by atoms with Crippen LogP contribution >= 0.6 is 22.9 Å². The molecule has 1 atom stereocenters. The zero-order valence-electron chi connectivity index (χ0n) is 16.3. The number of carbonyl (C=O) groups excluding carboxylic acids is 3. The lowest BCUT2D eigenvalue weighted by Gasteiger charge is -2.28. The highest BCUT2D eigenvalue weighted by Crippen LogP contribution is 2.30. The Bertz CT molecular complexity index is 1030. The quantitative estimate of drug-likeness (QED) is 0.477. The Labute approximate surface area is 186 Å². The van der Waals surface area contributed by atoms with E-state index in [1.165, 1.54) is 35.6 Å². The first kappa shape index (κ1) is 22.5. The zero-order valence-corrected chi connectivity index (χ0v) is 17.9. The number of hydrogen-bond acceptors (Lipinski definition) is 6. The van der Waals surface area contributed by atoms with Crippen LogP contribution in [0.5, 0.6) is 0 Å². The molecule has 1 aromatic carbocycles. The van der Waals surface area contributed by atoms with E-state index in [1.54, 1.807) is 19.1 Å².